The maximum atomic E-state index is 14.1. The zero-order valence-corrected chi connectivity index (χ0v) is 18.1. The van der Waals surface area contributed by atoms with Crippen molar-refractivity contribution in [2.75, 3.05) is 31.1 Å². The SMILES string of the molecule is CC(C)Cn1c(=O)c(N2CCN(C(=O)c3cc(Cl)ccc3F)CC2)nc2ccncc21. The van der Waals surface area contributed by atoms with Gasteiger partial charge in [0.1, 0.15) is 5.82 Å². The van der Waals surface area contributed by atoms with E-state index in [0.29, 0.717) is 54.6 Å². The van der Waals surface area contributed by atoms with E-state index in [2.05, 4.69) is 9.97 Å². The van der Waals surface area contributed by atoms with E-state index in [1.807, 2.05) is 18.7 Å². The summed E-state index contributed by atoms with van der Waals surface area (Å²) < 4.78 is 15.8. The van der Waals surface area contributed by atoms with Gasteiger partial charge in [-0.3, -0.25) is 14.6 Å². The molecule has 2 aromatic heterocycles. The third kappa shape index (κ3) is 4.25. The molecule has 0 spiro atoms. The van der Waals surface area contributed by atoms with Crippen LogP contribution in [0.5, 0.6) is 0 Å². The van der Waals surface area contributed by atoms with Gasteiger partial charge in [0.2, 0.25) is 0 Å². The quantitative estimate of drug-likeness (QED) is 0.619. The minimum Gasteiger partial charge on any atom is -0.348 e. The van der Waals surface area contributed by atoms with Gasteiger partial charge in [-0.1, -0.05) is 25.4 Å². The summed E-state index contributed by atoms with van der Waals surface area (Å²) in [5.74, 6) is -0.369. The second-order valence-corrected chi connectivity index (χ2v) is 8.45. The molecule has 3 heterocycles. The van der Waals surface area contributed by atoms with Crippen LogP contribution in [0.15, 0.2) is 41.5 Å². The number of hydrogen-bond acceptors (Lipinski definition) is 5. The number of hydrogen-bond donors (Lipinski definition) is 0. The van der Waals surface area contributed by atoms with Crippen molar-refractivity contribution in [1.82, 2.24) is 19.4 Å². The number of aromatic nitrogens is 3. The Morgan fingerprint density at radius 2 is 1.94 bits per heavy atom. The Morgan fingerprint density at radius 1 is 1.19 bits per heavy atom. The Balaban J connectivity index is 1.59. The Kier molecular flexibility index (Phi) is 5.91. The van der Waals surface area contributed by atoms with Crippen molar-refractivity contribution in [2.45, 2.75) is 20.4 Å². The van der Waals surface area contributed by atoms with Crippen LogP contribution in [0.4, 0.5) is 10.2 Å². The maximum absolute atomic E-state index is 14.1. The number of nitrogens with zero attached hydrogens (tertiary/aromatic N) is 5. The lowest BCUT2D eigenvalue weighted by Crippen LogP contribution is -2.50. The van der Waals surface area contributed by atoms with Gasteiger partial charge in [0.25, 0.3) is 11.5 Å². The first kappa shape index (κ1) is 21.2. The molecule has 0 atom stereocenters. The van der Waals surface area contributed by atoms with Gasteiger partial charge in [-0.15, -0.1) is 0 Å². The van der Waals surface area contributed by atoms with E-state index < -0.39 is 11.7 Å². The van der Waals surface area contributed by atoms with Gasteiger partial charge in [-0.2, -0.15) is 0 Å². The summed E-state index contributed by atoms with van der Waals surface area (Å²) in [5.41, 5.74) is 1.19. The van der Waals surface area contributed by atoms with E-state index >= 15 is 0 Å². The molecule has 162 valence electrons. The molecule has 1 aliphatic heterocycles. The van der Waals surface area contributed by atoms with Crippen molar-refractivity contribution in [2.24, 2.45) is 5.92 Å². The molecule has 1 aromatic carbocycles. The monoisotopic (exact) mass is 443 g/mol. The third-order valence-electron chi connectivity index (χ3n) is 5.30. The summed E-state index contributed by atoms with van der Waals surface area (Å²) in [6, 6.07) is 5.73. The Morgan fingerprint density at radius 3 is 2.65 bits per heavy atom. The molecule has 4 rings (SSSR count). The highest BCUT2D eigenvalue weighted by molar-refractivity contribution is 6.31. The lowest BCUT2D eigenvalue weighted by atomic mass is 10.1. The molecule has 0 N–H and O–H groups in total. The lowest BCUT2D eigenvalue weighted by molar-refractivity contribution is 0.0741. The number of halogens is 2. The molecule has 0 aliphatic carbocycles. The lowest BCUT2D eigenvalue weighted by Gasteiger charge is -2.35. The average molecular weight is 444 g/mol. The minimum atomic E-state index is -0.599. The highest BCUT2D eigenvalue weighted by Crippen LogP contribution is 2.20. The number of benzene rings is 1. The van der Waals surface area contributed by atoms with Crippen LogP contribution in [0.3, 0.4) is 0 Å². The number of fused-ring (bicyclic) bond motifs is 1. The van der Waals surface area contributed by atoms with E-state index in [1.165, 1.54) is 18.2 Å². The topological polar surface area (TPSA) is 71.3 Å². The zero-order chi connectivity index (χ0) is 22.1. The molecule has 1 aliphatic rings. The van der Waals surface area contributed by atoms with Crippen LogP contribution >= 0.6 is 11.6 Å². The number of carbonyl (C=O) groups excluding carboxylic acids is 1. The molecular formula is C22H23ClFN5O2. The van der Waals surface area contributed by atoms with Crippen molar-refractivity contribution in [3.63, 3.8) is 0 Å². The maximum Gasteiger partial charge on any atom is 0.294 e. The molecule has 31 heavy (non-hydrogen) atoms. The number of anilines is 1. The van der Waals surface area contributed by atoms with E-state index in [1.54, 1.807) is 27.9 Å². The smallest absolute Gasteiger partial charge is 0.294 e. The van der Waals surface area contributed by atoms with Gasteiger partial charge >= 0.3 is 0 Å². The van der Waals surface area contributed by atoms with E-state index in [0.717, 1.165) is 0 Å². The fourth-order valence-corrected chi connectivity index (χ4v) is 3.95. The van der Waals surface area contributed by atoms with Gasteiger partial charge in [0, 0.05) is 43.9 Å². The van der Waals surface area contributed by atoms with Crippen molar-refractivity contribution in [3.05, 3.63) is 63.4 Å². The van der Waals surface area contributed by atoms with Crippen LogP contribution in [-0.2, 0) is 6.54 Å². The first-order chi connectivity index (χ1) is 14.8. The van der Waals surface area contributed by atoms with Crippen molar-refractivity contribution in [3.8, 4) is 0 Å². The van der Waals surface area contributed by atoms with Crippen LogP contribution in [0.2, 0.25) is 5.02 Å². The number of piperazine rings is 1. The molecule has 1 fully saturated rings. The predicted molar refractivity (Wildman–Crippen MR) is 118 cm³/mol. The standard InChI is InChI=1S/C22H23ClFN5O2/c1-14(2)13-29-19-12-25-6-5-18(19)26-20(22(29)31)27-7-9-28(10-8-27)21(30)16-11-15(23)3-4-17(16)24/h3-6,11-12,14H,7-10,13H2,1-2H3. The van der Waals surface area contributed by atoms with Crippen molar-refractivity contribution >= 4 is 34.4 Å². The molecule has 0 saturated carbocycles. The second-order valence-electron chi connectivity index (χ2n) is 8.01. The fraction of sp³-hybridized carbons (Fsp3) is 0.364. The molecule has 9 heteroatoms. The minimum absolute atomic E-state index is 0.0448. The molecule has 1 amide bonds. The van der Waals surface area contributed by atoms with E-state index in [9.17, 15) is 14.0 Å². The molecule has 7 nitrogen and oxygen atoms in total. The summed E-state index contributed by atoms with van der Waals surface area (Å²) in [6.07, 6.45) is 3.31. The predicted octanol–water partition coefficient (Wildman–Crippen LogP) is 3.20. The van der Waals surface area contributed by atoms with Gasteiger partial charge in [0.05, 0.1) is 22.8 Å². The zero-order valence-electron chi connectivity index (χ0n) is 17.4. The van der Waals surface area contributed by atoms with Crippen molar-refractivity contribution < 1.29 is 9.18 Å². The number of rotatable bonds is 4. The summed E-state index contributed by atoms with van der Waals surface area (Å²) in [6.45, 7) is 6.21. The van der Waals surface area contributed by atoms with Crippen LogP contribution in [0, 0.1) is 11.7 Å². The summed E-state index contributed by atoms with van der Waals surface area (Å²) in [5, 5.41) is 0.309. The van der Waals surface area contributed by atoms with Crippen LogP contribution in [0.25, 0.3) is 11.0 Å². The number of pyridine rings is 1. The molecular weight excluding hydrogens is 421 g/mol. The van der Waals surface area contributed by atoms with E-state index in [4.69, 9.17) is 11.6 Å². The van der Waals surface area contributed by atoms with Crippen LogP contribution in [-0.4, -0.2) is 51.5 Å². The fourth-order valence-electron chi connectivity index (χ4n) is 3.78. The first-order valence-electron chi connectivity index (χ1n) is 10.2. The Labute approximate surface area is 184 Å². The Hall–Kier alpha value is -3.00. The van der Waals surface area contributed by atoms with E-state index in [-0.39, 0.29) is 17.0 Å². The molecule has 0 bridgehead atoms. The summed E-state index contributed by atoms with van der Waals surface area (Å²) >= 11 is 5.92. The van der Waals surface area contributed by atoms with Gasteiger partial charge in [-0.05, 0) is 30.2 Å². The van der Waals surface area contributed by atoms with Gasteiger partial charge in [0.15, 0.2) is 5.82 Å². The highest BCUT2D eigenvalue weighted by atomic mass is 35.5. The first-order valence-corrected chi connectivity index (χ1v) is 10.6. The second kappa shape index (κ2) is 8.63. The summed E-state index contributed by atoms with van der Waals surface area (Å²) in [7, 11) is 0. The van der Waals surface area contributed by atoms with Crippen LogP contribution in [0.1, 0.15) is 24.2 Å². The Bertz CT molecular complexity index is 1190. The number of carbonyl (C=O) groups is 1. The molecule has 0 unspecified atom stereocenters. The molecule has 0 radical (unpaired) electrons. The number of amides is 1. The third-order valence-corrected chi connectivity index (χ3v) is 5.54. The highest BCUT2D eigenvalue weighted by Gasteiger charge is 2.27. The molecule has 3 aromatic rings. The largest absolute Gasteiger partial charge is 0.348 e. The van der Waals surface area contributed by atoms with Crippen LogP contribution < -0.4 is 10.5 Å². The summed E-state index contributed by atoms with van der Waals surface area (Å²) in [4.78, 5) is 38.2. The van der Waals surface area contributed by atoms with Gasteiger partial charge in [-0.25, -0.2) is 9.37 Å². The normalized spacial score (nSPS) is 14.5. The average Bonchev–Trinajstić information content (AvgIpc) is 2.76. The van der Waals surface area contributed by atoms with Gasteiger partial charge < -0.3 is 14.4 Å². The molecule has 1 saturated heterocycles. The van der Waals surface area contributed by atoms with Crippen molar-refractivity contribution in [1.29, 1.82) is 0 Å².